The van der Waals surface area contributed by atoms with Crippen molar-refractivity contribution in [2.45, 2.75) is 13.3 Å². The molecule has 3 aromatic rings. The largest absolute Gasteiger partial charge is 0.484 e. The molecular weight excluding hydrogens is 314 g/mol. The summed E-state index contributed by atoms with van der Waals surface area (Å²) in [6.07, 6.45) is 4.15. The van der Waals surface area contributed by atoms with Crippen LogP contribution in [0.5, 0.6) is 5.75 Å². The molecule has 5 nitrogen and oxygen atoms in total. The summed E-state index contributed by atoms with van der Waals surface area (Å²) in [6.45, 7) is 2.03. The lowest BCUT2D eigenvalue weighted by atomic mass is 10.2. The maximum atomic E-state index is 12.0. The highest BCUT2D eigenvalue weighted by molar-refractivity contribution is 5.91. The molecule has 25 heavy (non-hydrogen) atoms. The molecule has 1 N–H and O–H groups in total. The predicted octanol–water partition coefficient (Wildman–Crippen LogP) is 3.72. The minimum atomic E-state index is -0.254. The maximum Gasteiger partial charge on any atom is 0.262 e. The number of nitrogens with one attached hydrogen (secondary N) is 1. The highest BCUT2D eigenvalue weighted by atomic mass is 16.5. The Morgan fingerprint density at radius 3 is 2.32 bits per heavy atom. The molecule has 1 amide bonds. The minimum absolute atomic E-state index is 0.0636. The molecule has 5 heteroatoms. The Hall–Kier alpha value is -3.21. The van der Waals surface area contributed by atoms with E-state index in [2.05, 4.69) is 22.2 Å². The molecule has 0 saturated heterocycles. The fourth-order valence-electron chi connectivity index (χ4n) is 2.30. The van der Waals surface area contributed by atoms with Gasteiger partial charge in [-0.2, -0.15) is 0 Å². The first-order chi connectivity index (χ1) is 12.2. The zero-order valence-corrected chi connectivity index (χ0v) is 14.0. The lowest BCUT2D eigenvalue weighted by Gasteiger charge is -2.08. The van der Waals surface area contributed by atoms with Gasteiger partial charge < -0.3 is 10.1 Å². The molecule has 1 heterocycles. The van der Waals surface area contributed by atoms with Gasteiger partial charge in [0.15, 0.2) is 12.4 Å². The van der Waals surface area contributed by atoms with E-state index in [-0.39, 0.29) is 12.5 Å². The number of hydrogen-bond donors (Lipinski definition) is 1. The summed E-state index contributed by atoms with van der Waals surface area (Å²) in [5.41, 5.74) is 2.70. The van der Waals surface area contributed by atoms with Crippen LogP contribution in [0.1, 0.15) is 12.5 Å². The van der Waals surface area contributed by atoms with E-state index in [0.717, 1.165) is 12.0 Å². The summed E-state index contributed by atoms with van der Waals surface area (Å²) in [5, 5.41) is 2.72. The number of carbonyl (C=O) groups is 1. The summed E-state index contributed by atoms with van der Waals surface area (Å²) < 4.78 is 5.48. The van der Waals surface area contributed by atoms with Crippen molar-refractivity contribution in [3.05, 3.63) is 72.6 Å². The van der Waals surface area contributed by atoms with Crippen LogP contribution in [0.4, 0.5) is 5.69 Å². The number of anilines is 1. The van der Waals surface area contributed by atoms with Crippen molar-refractivity contribution in [2.75, 3.05) is 11.9 Å². The van der Waals surface area contributed by atoms with Gasteiger partial charge in [0, 0.05) is 5.56 Å². The van der Waals surface area contributed by atoms with E-state index in [9.17, 15) is 4.79 Å². The standard InChI is InChI=1S/C20H19N3O2/c1-2-15-8-10-18(11-9-15)25-14-19(24)23-17-12-21-20(22-13-17)16-6-4-3-5-7-16/h3-13H,2,14H2,1H3,(H,23,24). The van der Waals surface area contributed by atoms with Crippen molar-refractivity contribution in [1.29, 1.82) is 0 Å². The number of benzene rings is 2. The Balaban J connectivity index is 1.54. The average Bonchev–Trinajstić information content (AvgIpc) is 2.68. The van der Waals surface area contributed by atoms with Crippen molar-refractivity contribution in [2.24, 2.45) is 0 Å². The van der Waals surface area contributed by atoms with Crippen LogP contribution >= 0.6 is 0 Å². The second kappa shape index (κ2) is 8.06. The van der Waals surface area contributed by atoms with Gasteiger partial charge in [-0.15, -0.1) is 0 Å². The molecule has 0 radical (unpaired) electrons. The van der Waals surface area contributed by atoms with Gasteiger partial charge in [0.2, 0.25) is 0 Å². The number of carbonyl (C=O) groups excluding carboxylic acids is 1. The average molecular weight is 333 g/mol. The topological polar surface area (TPSA) is 64.1 Å². The molecule has 1 aromatic heterocycles. The van der Waals surface area contributed by atoms with E-state index >= 15 is 0 Å². The molecule has 126 valence electrons. The third-order valence-electron chi connectivity index (χ3n) is 3.67. The van der Waals surface area contributed by atoms with E-state index in [1.807, 2.05) is 54.6 Å². The van der Waals surface area contributed by atoms with Gasteiger partial charge >= 0.3 is 0 Å². The van der Waals surface area contributed by atoms with Gasteiger partial charge in [-0.25, -0.2) is 9.97 Å². The Morgan fingerprint density at radius 2 is 1.68 bits per heavy atom. The quantitative estimate of drug-likeness (QED) is 0.746. The molecule has 2 aromatic carbocycles. The molecule has 0 aliphatic carbocycles. The van der Waals surface area contributed by atoms with Crippen LogP contribution in [0.2, 0.25) is 0 Å². The van der Waals surface area contributed by atoms with Crippen LogP contribution in [-0.4, -0.2) is 22.5 Å². The molecule has 0 bridgehead atoms. The van der Waals surface area contributed by atoms with Gasteiger partial charge in [-0.05, 0) is 24.1 Å². The number of amides is 1. The smallest absolute Gasteiger partial charge is 0.262 e. The van der Waals surface area contributed by atoms with Crippen LogP contribution in [-0.2, 0) is 11.2 Å². The monoisotopic (exact) mass is 333 g/mol. The van der Waals surface area contributed by atoms with E-state index < -0.39 is 0 Å². The highest BCUT2D eigenvalue weighted by Crippen LogP contribution is 2.15. The van der Waals surface area contributed by atoms with E-state index in [4.69, 9.17) is 4.74 Å². The first-order valence-electron chi connectivity index (χ1n) is 8.13. The minimum Gasteiger partial charge on any atom is -0.484 e. The molecule has 0 fully saturated rings. The van der Waals surface area contributed by atoms with Gasteiger partial charge in [-0.1, -0.05) is 49.4 Å². The molecule has 0 unspecified atom stereocenters. The fraction of sp³-hybridized carbons (Fsp3) is 0.150. The van der Waals surface area contributed by atoms with Crippen LogP contribution in [0, 0.1) is 0 Å². The molecule has 0 aliphatic rings. The van der Waals surface area contributed by atoms with Crippen molar-refractivity contribution in [1.82, 2.24) is 9.97 Å². The van der Waals surface area contributed by atoms with Crippen molar-refractivity contribution < 1.29 is 9.53 Å². The summed E-state index contributed by atoms with van der Waals surface area (Å²) in [6, 6.07) is 17.4. The Kier molecular flexibility index (Phi) is 5.36. The van der Waals surface area contributed by atoms with Gasteiger partial charge in [0.1, 0.15) is 5.75 Å². The normalized spacial score (nSPS) is 10.3. The summed E-state index contributed by atoms with van der Waals surface area (Å²) in [5.74, 6) is 1.03. The zero-order chi connectivity index (χ0) is 17.5. The summed E-state index contributed by atoms with van der Waals surface area (Å²) in [4.78, 5) is 20.5. The van der Waals surface area contributed by atoms with Crippen molar-refractivity contribution in [3.8, 4) is 17.1 Å². The Labute approximate surface area is 146 Å². The Bertz CT molecular complexity index is 816. The molecular formula is C20H19N3O2. The van der Waals surface area contributed by atoms with Crippen LogP contribution in [0.25, 0.3) is 11.4 Å². The third-order valence-corrected chi connectivity index (χ3v) is 3.67. The first kappa shape index (κ1) is 16.6. The highest BCUT2D eigenvalue weighted by Gasteiger charge is 2.06. The predicted molar refractivity (Wildman–Crippen MR) is 97.4 cm³/mol. The van der Waals surface area contributed by atoms with Gasteiger partial charge in [0.25, 0.3) is 5.91 Å². The fourth-order valence-corrected chi connectivity index (χ4v) is 2.30. The zero-order valence-electron chi connectivity index (χ0n) is 14.0. The number of aryl methyl sites for hydroxylation is 1. The van der Waals surface area contributed by atoms with Crippen molar-refractivity contribution >= 4 is 11.6 Å². The number of hydrogen-bond acceptors (Lipinski definition) is 4. The number of nitrogens with zero attached hydrogens (tertiary/aromatic N) is 2. The SMILES string of the molecule is CCc1ccc(OCC(=O)Nc2cnc(-c3ccccc3)nc2)cc1. The lowest BCUT2D eigenvalue weighted by Crippen LogP contribution is -2.20. The van der Waals surface area contributed by atoms with Crippen LogP contribution < -0.4 is 10.1 Å². The number of ether oxygens (including phenoxy) is 1. The lowest BCUT2D eigenvalue weighted by molar-refractivity contribution is -0.118. The van der Waals surface area contributed by atoms with E-state index in [0.29, 0.717) is 17.3 Å². The summed E-state index contributed by atoms with van der Waals surface area (Å²) in [7, 11) is 0. The van der Waals surface area contributed by atoms with Crippen molar-refractivity contribution in [3.63, 3.8) is 0 Å². The first-order valence-corrected chi connectivity index (χ1v) is 8.13. The number of aromatic nitrogens is 2. The second-order valence-corrected chi connectivity index (χ2v) is 5.50. The molecule has 0 atom stereocenters. The molecule has 3 rings (SSSR count). The van der Waals surface area contributed by atoms with Crippen LogP contribution in [0.3, 0.4) is 0 Å². The molecule has 0 saturated carbocycles. The van der Waals surface area contributed by atoms with E-state index in [1.165, 1.54) is 5.56 Å². The summed E-state index contributed by atoms with van der Waals surface area (Å²) >= 11 is 0. The Morgan fingerprint density at radius 1 is 1.00 bits per heavy atom. The van der Waals surface area contributed by atoms with Crippen LogP contribution in [0.15, 0.2) is 67.0 Å². The van der Waals surface area contributed by atoms with Gasteiger partial charge in [0.05, 0.1) is 18.1 Å². The van der Waals surface area contributed by atoms with Gasteiger partial charge in [-0.3, -0.25) is 4.79 Å². The number of rotatable bonds is 6. The second-order valence-electron chi connectivity index (χ2n) is 5.50. The molecule has 0 spiro atoms. The van der Waals surface area contributed by atoms with E-state index in [1.54, 1.807) is 12.4 Å². The molecule has 0 aliphatic heterocycles. The maximum absolute atomic E-state index is 12.0. The third kappa shape index (κ3) is 4.64.